The summed E-state index contributed by atoms with van der Waals surface area (Å²) >= 11 is 0. The van der Waals surface area contributed by atoms with Gasteiger partial charge in [0, 0.05) is 0 Å². The molecule has 39 heavy (non-hydrogen) atoms. The molecule has 2 aromatic carbocycles. The minimum absolute atomic E-state index is 0. The summed E-state index contributed by atoms with van der Waals surface area (Å²) in [6.07, 6.45) is 24.0. The van der Waals surface area contributed by atoms with E-state index in [1.807, 2.05) is 0 Å². The van der Waals surface area contributed by atoms with Gasteiger partial charge in [0.2, 0.25) is 0 Å². The number of ether oxygens (including phenoxy) is 1. The number of aryl methyl sites for hydroxylation is 2. The number of unbranched alkanes of at least 4 members (excludes halogenated alkanes) is 14. The predicted octanol–water partition coefficient (Wildman–Crippen LogP) is 7.31. The van der Waals surface area contributed by atoms with Gasteiger partial charge in [0.1, 0.15) is 11.5 Å². The Hall–Kier alpha value is -0.890. The Kier molecular flexibility index (Phi) is 24.3. The Balaban J connectivity index is 0. The molecule has 218 valence electrons. The first-order valence-corrected chi connectivity index (χ1v) is 16.3. The molecule has 2 aromatic rings. The molecule has 0 bridgehead atoms. The molecule has 0 unspecified atom stereocenters. The number of hydrogen-bond donors (Lipinski definition) is 2. The molecule has 0 radical (unpaired) electrons. The minimum atomic E-state index is -4.67. The maximum Gasteiger partial charge on any atom is 1.00 e. The van der Waals surface area contributed by atoms with Gasteiger partial charge in [-0.05, 0) is 48.9 Å². The van der Waals surface area contributed by atoms with E-state index in [0.29, 0.717) is 0 Å². The molecule has 0 amide bonds. The van der Waals surface area contributed by atoms with Crippen LogP contribution in [-0.4, -0.2) is 17.5 Å². The molecule has 0 fully saturated rings. The maximum atomic E-state index is 8.74. The van der Waals surface area contributed by atoms with Gasteiger partial charge in [0.15, 0.2) is 0 Å². The molecule has 2 rings (SSSR count). The van der Waals surface area contributed by atoms with E-state index in [2.05, 4.69) is 62.4 Å². The Morgan fingerprint density at radius 1 is 0.564 bits per heavy atom. The van der Waals surface area contributed by atoms with Crippen molar-refractivity contribution in [1.29, 1.82) is 0 Å². The van der Waals surface area contributed by atoms with Crippen LogP contribution in [0.15, 0.2) is 48.5 Å². The summed E-state index contributed by atoms with van der Waals surface area (Å²) in [4.78, 5) is 0. The van der Waals surface area contributed by atoms with Gasteiger partial charge < -0.3 is 6.16 Å². The first-order valence-electron chi connectivity index (χ1n) is 14.9. The smallest absolute Gasteiger partial charge is 1.00 e. The average Bonchev–Trinajstić information content (AvgIpc) is 2.88. The van der Waals surface area contributed by atoms with Crippen LogP contribution in [0.5, 0.6) is 11.5 Å². The average molecular weight is 573 g/mol. The monoisotopic (exact) mass is 572 g/mol. The van der Waals surface area contributed by atoms with Gasteiger partial charge in [0.05, 0.1) is 0 Å². The van der Waals surface area contributed by atoms with Crippen molar-refractivity contribution in [2.75, 3.05) is 0 Å². The van der Waals surface area contributed by atoms with Crippen LogP contribution in [0, 0.1) is 0 Å². The van der Waals surface area contributed by atoms with Crippen LogP contribution in [0.1, 0.15) is 129 Å². The molecule has 0 saturated carbocycles. The van der Waals surface area contributed by atoms with Gasteiger partial charge in [-0.15, -0.1) is 0 Å². The van der Waals surface area contributed by atoms with Crippen molar-refractivity contribution in [2.45, 2.75) is 129 Å². The van der Waals surface area contributed by atoms with Gasteiger partial charge in [0.25, 0.3) is 0 Å². The summed E-state index contributed by atoms with van der Waals surface area (Å²) < 4.78 is 38.1. The Labute approximate surface area is 262 Å². The summed E-state index contributed by atoms with van der Waals surface area (Å²) in [6.45, 7) is 4.57. The van der Waals surface area contributed by atoms with Crippen molar-refractivity contribution >= 4 is 10.4 Å². The van der Waals surface area contributed by atoms with Gasteiger partial charge in [-0.2, -0.15) is 8.42 Å². The van der Waals surface area contributed by atoms with Crippen LogP contribution >= 0.6 is 0 Å². The Morgan fingerprint density at radius 3 is 1.18 bits per heavy atom. The van der Waals surface area contributed by atoms with Gasteiger partial charge >= 0.3 is 40.0 Å². The maximum absolute atomic E-state index is 8.74. The normalized spacial score (nSPS) is 10.9. The topological polar surface area (TPSA) is 83.8 Å². The Bertz CT molecular complexity index is 886. The summed E-state index contributed by atoms with van der Waals surface area (Å²) in [6, 6.07) is 17.3. The molecule has 5 nitrogen and oxygen atoms in total. The number of rotatable bonds is 20. The van der Waals surface area contributed by atoms with Crippen LogP contribution in [0.25, 0.3) is 0 Å². The molecule has 7 heteroatoms. The van der Waals surface area contributed by atoms with Crippen molar-refractivity contribution in [3.63, 3.8) is 0 Å². The van der Waals surface area contributed by atoms with E-state index >= 15 is 0 Å². The summed E-state index contributed by atoms with van der Waals surface area (Å²) in [5, 5.41) is 0. The van der Waals surface area contributed by atoms with Crippen molar-refractivity contribution in [1.82, 2.24) is 0 Å². The van der Waals surface area contributed by atoms with Crippen LogP contribution in [-0.2, 0) is 23.2 Å². The fourth-order valence-corrected chi connectivity index (χ4v) is 4.64. The minimum Gasteiger partial charge on any atom is -1.00 e. The first-order chi connectivity index (χ1) is 18.3. The molecule has 2 N–H and O–H groups in total. The summed E-state index contributed by atoms with van der Waals surface area (Å²) in [5.74, 6) is 2.09. The molecular weight excluding hydrogens is 519 g/mol. The molecule has 0 aliphatic rings. The molecule has 0 saturated heterocycles. The van der Waals surface area contributed by atoms with Crippen LogP contribution < -0.4 is 34.3 Å². The summed E-state index contributed by atoms with van der Waals surface area (Å²) in [7, 11) is -4.67. The van der Waals surface area contributed by atoms with Crippen molar-refractivity contribution in [3.05, 3.63) is 59.7 Å². The van der Waals surface area contributed by atoms with E-state index in [1.54, 1.807) is 0 Å². The van der Waals surface area contributed by atoms with Gasteiger partial charge in [-0.3, -0.25) is 9.11 Å². The van der Waals surface area contributed by atoms with Crippen molar-refractivity contribution in [2.24, 2.45) is 0 Å². The fraction of sp³-hybridized carbons (Fsp3) is 0.625. The zero-order chi connectivity index (χ0) is 27.9. The molecule has 0 aliphatic heterocycles. The number of hydrogen-bond acceptors (Lipinski definition) is 3. The third-order valence-electron chi connectivity index (χ3n) is 6.76. The third-order valence-corrected chi connectivity index (χ3v) is 6.76. The number of para-hydroxylation sites is 2. The predicted molar refractivity (Wildman–Crippen MR) is 161 cm³/mol. The second kappa shape index (κ2) is 24.9. The Morgan fingerprint density at radius 2 is 0.846 bits per heavy atom. The van der Waals surface area contributed by atoms with Gasteiger partial charge in [-0.25, -0.2) is 0 Å². The SMILES string of the molecule is CCCCCCCCCCc1ccccc1Oc1ccccc1CCCCCCCCCC.O=S(=O)(O)O.[H-].[Na+]. The standard InChI is InChI=1S/C32H50O.Na.H2O4S.H/c1-3-5-7-9-11-13-15-17-23-29-25-19-21-27-31(29)33-32-28-22-20-26-30(32)24-18-16-14-12-10-8-6-4-2;;1-5(2,3)4;/h19-22,25-28H,3-18,23-24H2,1-2H3;;(H2,1,2,3,4);/q;+1;;-1. The largest absolute Gasteiger partial charge is 1.00 e. The molecule has 0 atom stereocenters. The number of benzene rings is 2. The molecule has 0 aromatic heterocycles. The van der Waals surface area contributed by atoms with E-state index in [-0.39, 0.29) is 31.0 Å². The zero-order valence-electron chi connectivity index (χ0n) is 25.9. The van der Waals surface area contributed by atoms with Gasteiger partial charge in [-0.1, -0.05) is 140 Å². The van der Waals surface area contributed by atoms with E-state index in [0.717, 1.165) is 24.3 Å². The molecular formula is C32H53NaO5S. The third kappa shape index (κ3) is 22.5. The van der Waals surface area contributed by atoms with E-state index in [4.69, 9.17) is 22.3 Å². The summed E-state index contributed by atoms with van der Waals surface area (Å²) in [5.41, 5.74) is 2.70. The molecule has 0 spiro atoms. The van der Waals surface area contributed by atoms with E-state index in [1.165, 1.54) is 114 Å². The van der Waals surface area contributed by atoms with Crippen molar-refractivity contribution < 1.29 is 53.2 Å². The second-order valence-corrected chi connectivity index (χ2v) is 11.1. The van der Waals surface area contributed by atoms with Crippen molar-refractivity contribution in [3.8, 4) is 11.5 Å². The zero-order valence-corrected chi connectivity index (χ0v) is 27.7. The molecule has 0 aliphatic carbocycles. The van der Waals surface area contributed by atoms with Crippen LogP contribution in [0.3, 0.4) is 0 Å². The first kappa shape index (κ1) is 38.1. The van der Waals surface area contributed by atoms with Crippen LogP contribution in [0.4, 0.5) is 0 Å². The van der Waals surface area contributed by atoms with E-state index in [9.17, 15) is 0 Å². The van der Waals surface area contributed by atoms with Crippen LogP contribution in [0.2, 0.25) is 0 Å². The fourth-order valence-electron chi connectivity index (χ4n) is 4.64. The molecule has 0 heterocycles. The second-order valence-electron chi connectivity index (χ2n) is 10.2. The quantitative estimate of drug-likeness (QED) is 0.0987. The van der Waals surface area contributed by atoms with E-state index < -0.39 is 10.4 Å².